The molecule has 1 amide bonds. The summed E-state index contributed by atoms with van der Waals surface area (Å²) >= 11 is 7.87. The molecule has 1 atom stereocenters. The van der Waals surface area contributed by atoms with E-state index < -0.39 is 0 Å². The van der Waals surface area contributed by atoms with Gasteiger partial charge in [-0.3, -0.25) is 9.69 Å². The number of hydrogen-bond acceptors (Lipinski definition) is 4. The summed E-state index contributed by atoms with van der Waals surface area (Å²) in [7, 11) is 0. The molecule has 0 saturated carbocycles. The maximum atomic E-state index is 12.9. The second-order valence-electron chi connectivity index (χ2n) is 7.00. The predicted octanol–water partition coefficient (Wildman–Crippen LogP) is 3.89. The predicted molar refractivity (Wildman–Crippen MR) is 108 cm³/mol. The summed E-state index contributed by atoms with van der Waals surface area (Å²) in [5, 5.41) is 2.87. The van der Waals surface area contributed by atoms with Crippen molar-refractivity contribution in [3.05, 3.63) is 51.7 Å². The number of thiophene rings is 1. The number of nitrogens with zero attached hydrogens (tertiary/aromatic N) is 3. The molecule has 3 heterocycles. The average molecular weight is 390 g/mol. The van der Waals surface area contributed by atoms with E-state index in [4.69, 9.17) is 11.6 Å². The minimum absolute atomic E-state index is 0.275. The molecule has 2 saturated heterocycles. The van der Waals surface area contributed by atoms with Gasteiger partial charge in [-0.25, -0.2) is 0 Å². The smallest absolute Gasteiger partial charge is 0.237 e. The fourth-order valence-electron chi connectivity index (χ4n) is 3.96. The lowest BCUT2D eigenvalue weighted by atomic mass is 10.2. The zero-order chi connectivity index (χ0) is 17.9. The number of benzene rings is 1. The third-order valence-electron chi connectivity index (χ3n) is 5.35. The molecule has 1 aromatic carbocycles. The largest absolute Gasteiger partial charge is 0.369 e. The van der Waals surface area contributed by atoms with Crippen LogP contribution in [0.2, 0.25) is 5.02 Å². The van der Waals surface area contributed by atoms with Crippen LogP contribution in [-0.4, -0.2) is 55.0 Å². The zero-order valence-corrected chi connectivity index (χ0v) is 16.4. The van der Waals surface area contributed by atoms with Crippen LogP contribution < -0.4 is 4.90 Å². The van der Waals surface area contributed by atoms with E-state index in [0.717, 1.165) is 50.6 Å². The number of piperazine rings is 1. The molecule has 1 aromatic heterocycles. The van der Waals surface area contributed by atoms with Gasteiger partial charge in [0.1, 0.15) is 0 Å². The van der Waals surface area contributed by atoms with Crippen LogP contribution in [0.5, 0.6) is 0 Å². The zero-order valence-electron chi connectivity index (χ0n) is 14.8. The molecule has 0 aliphatic carbocycles. The lowest BCUT2D eigenvalue weighted by Crippen LogP contribution is -2.50. The van der Waals surface area contributed by atoms with E-state index >= 15 is 0 Å². The van der Waals surface area contributed by atoms with Gasteiger partial charge in [-0.05, 0) is 42.5 Å². The van der Waals surface area contributed by atoms with Crippen molar-refractivity contribution in [3.63, 3.8) is 0 Å². The standard InChI is InChI=1S/C20H24ClN3OS/c21-16-4-1-5-17(14-16)23-11-9-22(10-12-23)15-20(25)24-8-2-6-18(24)19-7-3-13-26-19/h1,3-5,7,13-14,18H,2,6,8-12,15H2. The van der Waals surface area contributed by atoms with E-state index in [1.165, 1.54) is 10.6 Å². The van der Waals surface area contributed by atoms with Crippen LogP contribution in [-0.2, 0) is 4.79 Å². The van der Waals surface area contributed by atoms with Crippen molar-refractivity contribution >= 4 is 34.5 Å². The van der Waals surface area contributed by atoms with E-state index in [-0.39, 0.29) is 11.9 Å². The van der Waals surface area contributed by atoms with Crippen molar-refractivity contribution in [3.8, 4) is 0 Å². The Morgan fingerprint density at radius 1 is 1.12 bits per heavy atom. The highest BCUT2D eigenvalue weighted by molar-refractivity contribution is 7.10. The maximum absolute atomic E-state index is 12.9. The van der Waals surface area contributed by atoms with Gasteiger partial charge in [0.15, 0.2) is 0 Å². The van der Waals surface area contributed by atoms with Gasteiger partial charge in [-0.2, -0.15) is 0 Å². The number of anilines is 1. The number of carbonyl (C=O) groups is 1. The van der Waals surface area contributed by atoms with E-state index in [0.29, 0.717) is 6.54 Å². The quantitative estimate of drug-likeness (QED) is 0.793. The number of hydrogen-bond donors (Lipinski definition) is 0. The summed E-state index contributed by atoms with van der Waals surface area (Å²) in [6.45, 7) is 5.12. The first-order valence-electron chi connectivity index (χ1n) is 9.26. The van der Waals surface area contributed by atoms with Gasteiger partial charge in [-0.1, -0.05) is 23.7 Å². The summed E-state index contributed by atoms with van der Waals surface area (Å²) in [6.07, 6.45) is 2.20. The van der Waals surface area contributed by atoms with Crippen molar-refractivity contribution in [1.82, 2.24) is 9.80 Å². The van der Waals surface area contributed by atoms with Crippen molar-refractivity contribution in [2.24, 2.45) is 0 Å². The highest BCUT2D eigenvalue weighted by Gasteiger charge is 2.31. The normalized spacial score (nSPS) is 21.3. The second-order valence-corrected chi connectivity index (χ2v) is 8.42. The number of halogens is 1. The summed E-state index contributed by atoms with van der Waals surface area (Å²) in [6, 6.07) is 12.5. The number of amides is 1. The first-order valence-corrected chi connectivity index (χ1v) is 10.5. The Labute approximate surface area is 164 Å². The van der Waals surface area contributed by atoms with Crippen LogP contribution >= 0.6 is 22.9 Å². The third-order valence-corrected chi connectivity index (χ3v) is 6.56. The molecule has 0 bridgehead atoms. The van der Waals surface area contributed by atoms with Crippen molar-refractivity contribution in [2.75, 3.05) is 44.2 Å². The molecule has 6 heteroatoms. The van der Waals surface area contributed by atoms with Gasteiger partial charge in [0.2, 0.25) is 5.91 Å². The fourth-order valence-corrected chi connectivity index (χ4v) is 5.02. The maximum Gasteiger partial charge on any atom is 0.237 e. The monoisotopic (exact) mass is 389 g/mol. The molecule has 2 aliphatic heterocycles. The van der Waals surface area contributed by atoms with E-state index in [9.17, 15) is 4.79 Å². The molecule has 2 fully saturated rings. The summed E-state index contributed by atoms with van der Waals surface area (Å²) in [5.74, 6) is 0.275. The molecule has 0 N–H and O–H groups in total. The highest BCUT2D eigenvalue weighted by atomic mass is 35.5. The van der Waals surface area contributed by atoms with Crippen LogP contribution in [0, 0.1) is 0 Å². The van der Waals surface area contributed by atoms with Crippen LogP contribution in [0.3, 0.4) is 0 Å². The molecule has 1 unspecified atom stereocenters. The molecular formula is C20H24ClN3OS. The second kappa shape index (κ2) is 7.99. The van der Waals surface area contributed by atoms with Crippen molar-refractivity contribution in [2.45, 2.75) is 18.9 Å². The summed E-state index contributed by atoms with van der Waals surface area (Å²) < 4.78 is 0. The number of likely N-dealkylation sites (tertiary alicyclic amines) is 1. The van der Waals surface area contributed by atoms with E-state index in [2.05, 4.69) is 38.3 Å². The van der Waals surface area contributed by atoms with Gasteiger partial charge in [0.25, 0.3) is 0 Å². The summed E-state index contributed by atoms with van der Waals surface area (Å²) in [5.41, 5.74) is 1.17. The van der Waals surface area contributed by atoms with Gasteiger partial charge in [0, 0.05) is 48.3 Å². The molecule has 138 valence electrons. The highest BCUT2D eigenvalue weighted by Crippen LogP contribution is 2.34. The van der Waals surface area contributed by atoms with E-state index in [1.807, 2.05) is 18.2 Å². The van der Waals surface area contributed by atoms with Crippen LogP contribution in [0.1, 0.15) is 23.8 Å². The average Bonchev–Trinajstić information content (AvgIpc) is 3.33. The van der Waals surface area contributed by atoms with Gasteiger partial charge >= 0.3 is 0 Å². The Hall–Kier alpha value is -1.56. The number of carbonyl (C=O) groups excluding carboxylic acids is 1. The Morgan fingerprint density at radius 2 is 1.96 bits per heavy atom. The summed E-state index contributed by atoms with van der Waals surface area (Å²) in [4.78, 5) is 20.9. The Balaban J connectivity index is 1.32. The van der Waals surface area contributed by atoms with Crippen molar-refractivity contribution < 1.29 is 4.79 Å². The first-order chi connectivity index (χ1) is 12.7. The molecule has 0 radical (unpaired) electrons. The van der Waals surface area contributed by atoms with Crippen LogP contribution in [0.25, 0.3) is 0 Å². The third kappa shape index (κ3) is 3.90. The first kappa shape index (κ1) is 17.8. The lowest BCUT2D eigenvalue weighted by Gasteiger charge is -2.36. The van der Waals surface area contributed by atoms with Gasteiger partial charge in [0.05, 0.1) is 12.6 Å². The molecule has 4 rings (SSSR count). The fraction of sp³-hybridized carbons (Fsp3) is 0.450. The topological polar surface area (TPSA) is 26.8 Å². The van der Waals surface area contributed by atoms with Gasteiger partial charge < -0.3 is 9.80 Å². The molecule has 26 heavy (non-hydrogen) atoms. The molecule has 2 aliphatic rings. The Kier molecular flexibility index (Phi) is 5.48. The molecular weight excluding hydrogens is 366 g/mol. The molecule has 4 nitrogen and oxygen atoms in total. The Bertz CT molecular complexity index is 743. The number of rotatable bonds is 4. The lowest BCUT2D eigenvalue weighted by molar-refractivity contribution is -0.133. The van der Waals surface area contributed by atoms with E-state index in [1.54, 1.807) is 11.3 Å². The Morgan fingerprint density at radius 3 is 2.69 bits per heavy atom. The van der Waals surface area contributed by atoms with Crippen LogP contribution in [0.15, 0.2) is 41.8 Å². The van der Waals surface area contributed by atoms with Crippen molar-refractivity contribution in [1.29, 1.82) is 0 Å². The van der Waals surface area contributed by atoms with Crippen LogP contribution in [0.4, 0.5) is 5.69 Å². The van der Waals surface area contributed by atoms with Gasteiger partial charge in [-0.15, -0.1) is 11.3 Å². The molecule has 2 aromatic rings. The minimum Gasteiger partial charge on any atom is -0.369 e. The minimum atomic E-state index is 0.275. The molecule has 0 spiro atoms. The SMILES string of the molecule is O=C(CN1CCN(c2cccc(Cl)c2)CC1)N1CCCC1c1cccs1.